The van der Waals surface area contributed by atoms with Crippen molar-refractivity contribution in [3.05, 3.63) is 29.8 Å². The van der Waals surface area contributed by atoms with Gasteiger partial charge in [0.05, 0.1) is 13.0 Å². The van der Waals surface area contributed by atoms with Crippen LogP contribution in [0.25, 0.3) is 0 Å². The molecule has 0 bridgehead atoms. The third kappa shape index (κ3) is 4.91. The molecule has 20 heavy (non-hydrogen) atoms. The zero-order valence-corrected chi connectivity index (χ0v) is 12.1. The normalized spacial score (nSPS) is 11.8. The summed E-state index contributed by atoms with van der Waals surface area (Å²) in [7, 11) is 1.61. The van der Waals surface area contributed by atoms with Gasteiger partial charge in [-0.3, -0.25) is 9.59 Å². The van der Waals surface area contributed by atoms with E-state index in [1.807, 2.05) is 24.3 Å². The average Bonchev–Trinajstić information content (AvgIpc) is 2.43. The van der Waals surface area contributed by atoms with E-state index in [2.05, 4.69) is 0 Å². The van der Waals surface area contributed by atoms with Crippen LogP contribution < -0.4 is 4.74 Å². The monoisotopic (exact) mass is 279 g/mol. The molecule has 1 N–H and O–H groups in total. The number of benzene rings is 1. The Labute approximate surface area is 119 Å². The molecule has 0 fully saturated rings. The molecule has 0 aliphatic carbocycles. The van der Waals surface area contributed by atoms with Gasteiger partial charge in [-0.2, -0.15) is 0 Å². The van der Waals surface area contributed by atoms with Crippen LogP contribution in [-0.4, -0.2) is 42.1 Å². The predicted octanol–water partition coefficient (Wildman–Crippen LogP) is 1.81. The standard InChI is InChI=1S/C15H21NO4/c1-11(15(18)19)10-16(12(2)17)9-8-13-4-6-14(20-3)7-5-13/h4-7,11H,8-10H2,1-3H3,(H,18,19). The van der Waals surface area contributed by atoms with Gasteiger partial charge < -0.3 is 14.7 Å². The Morgan fingerprint density at radius 1 is 1.30 bits per heavy atom. The quantitative estimate of drug-likeness (QED) is 0.826. The van der Waals surface area contributed by atoms with E-state index in [-0.39, 0.29) is 12.5 Å². The summed E-state index contributed by atoms with van der Waals surface area (Å²) in [5.74, 6) is -0.765. The fraction of sp³-hybridized carbons (Fsp3) is 0.467. The summed E-state index contributed by atoms with van der Waals surface area (Å²) in [4.78, 5) is 24.0. The van der Waals surface area contributed by atoms with Gasteiger partial charge in [-0.25, -0.2) is 0 Å². The van der Waals surface area contributed by atoms with Crippen molar-refractivity contribution in [3.63, 3.8) is 0 Å². The minimum Gasteiger partial charge on any atom is -0.497 e. The van der Waals surface area contributed by atoms with Crippen LogP contribution >= 0.6 is 0 Å². The molecule has 1 atom stereocenters. The maximum atomic E-state index is 11.5. The van der Waals surface area contributed by atoms with Crippen LogP contribution in [0.2, 0.25) is 0 Å². The summed E-state index contributed by atoms with van der Waals surface area (Å²) in [6, 6.07) is 7.62. The van der Waals surface area contributed by atoms with Gasteiger partial charge in [0.25, 0.3) is 0 Å². The fourth-order valence-electron chi connectivity index (χ4n) is 1.84. The van der Waals surface area contributed by atoms with Crippen molar-refractivity contribution in [3.8, 4) is 5.75 Å². The molecule has 0 aliphatic rings. The highest BCUT2D eigenvalue weighted by molar-refractivity contribution is 5.75. The second-order valence-corrected chi connectivity index (χ2v) is 4.80. The molecule has 1 amide bonds. The molecule has 1 aromatic rings. The van der Waals surface area contributed by atoms with Crippen molar-refractivity contribution in [1.82, 2.24) is 4.90 Å². The second-order valence-electron chi connectivity index (χ2n) is 4.80. The number of aliphatic carboxylic acids is 1. The SMILES string of the molecule is COc1ccc(CCN(CC(C)C(=O)O)C(C)=O)cc1. The van der Waals surface area contributed by atoms with E-state index in [4.69, 9.17) is 9.84 Å². The zero-order chi connectivity index (χ0) is 15.1. The Hall–Kier alpha value is -2.04. The lowest BCUT2D eigenvalue weighted by atomic mass is 10.1. The molecule has 0 spiro atoms. The van der Waals surface area contributed by atoms with E-state index < -0.39 is 11.9 Å². The van der Waals surface area contributed by atoms with Crippen LogP contribution in [0, 0.1) is 5.92 Å². The van der Waals surface area contributed by atoms with E-state index in [0.717, 1.165) is 11.3 Å². The molecule has 5 nitrogen and oxygen atoms in total. The Kier molecular flexibility index (Phi) is 6.03. The fourth-order valence-corrected chi connectivity index (χ4v) is 1.84. The van der Waals surface area contributed by atoms with Crippen molar-refractivity contribution < 1.29 is 19.4 Å². The van der Waals surface area contributed by atoms with E-state index in [1.165, 1.54) is 6.92 Å². The lowest BCUT2D eigenvalue weighted by molar-refractivity contribution is -0.142. The molecule has 1 unspecified atom stereocenters. The van der Waals surface area contributed by atoms with Crippen molar-refractivity contribution in [2.75, 3.05) is 20.2 Å². The van der Waals surface area contributed by atoms with Crippen LogP contribution in [0.1, 0.15) is 19.4 Å². The van der Waals surface area contributed by atoms with Gasteiger partial charge in [0.2, 0.25) is 5.91 Å². The largest absolute Gasteiger partial charge is 0.497 e. The van der Waals surface area contributed by atoms with Crippen molar-refractivity contribution in [2.45, 2.75) is 20.3 Å². The summed E-state index contributed by atoms with van der Waals surface area (Å²) < 4.78 is 5.08. The summed E-state index contributed by atoms with van der Waals surface area (Å²) in [6.45, 7) is 3.81. The van der Waals surface area contributed by atoms with Gasteiger partial charge in [-0.15, -0.1) is 0 Å². The maximum absolute atomic E-state index is 11.5. The lowest BCUT2D eigenvalue weighted by Crippen LogP contribution is -2.36. The molecule has 0 heterocycles. The molecule has 1 rings (SSSR count). The minimum atomic E-state index is -0.888. The first-order valence-electron chi connectivity index (χ1n) is 6.55. The van der Waals surface area contributed by atoms with Crippen molar-refractivity contribution in [1.29, 1.82) is 0 Å². The van der Waals surface area contributed by atoms with Gasteiger partial charge in [0.1, 0.15) is 5.75 Å². The Morgan fingerprint density at radius 3 is 2.35 bits per heavy atom. The predicted molar refractivity (Wildman–Crippen MR) is 75.8 cm³/mol. The van der Waals surface area contributed by atoms with Gasteiger partial charge >= 0.3 is 5.97 Å². The molecule has 1 aromatic carbocycles. The van der Waals surface area contributed by atoms with E-state index >= 15 is 0 Å². The summed E-state index contributed by atoms with van der Waals surface area (Å²) >= 11 is 0. The second kappa shape index (κ2) is 7.53. The number of nitrogens with zero attached hydrogens (tertiary/aromatic N) is 1. The molecule has 0 aromatic heterocycles. The Balaban J connectivity index is 2.57. The average molecular weight is 279 g/mol. The smallest absolute Gasteiger partial charge is 0.308 e. The number of methoxy groups -OCH3 is 1. The first-order chi connectivity index (χ1) is 9.43. The van der Waals surface area contributed by atoms with Crippen molar-refractivity contribution in [2.24, 2.45) is 5.92 Å². The molecule has 0 saturated carbocycles. The summed E-state index contributed by atoms with van der Waals surface area (Å²) in [5.41, 5.74) is 1.08. The highest BCUT2D eigenvalue weighted by Gasteiger charge is 2.17. The minimum absolute atomic E-state index is 0.105. The number of hydrogen-bond acceptors (Lipinski definition) is 3. The first kappa shape index (κ1) is 16.0. The van der Waals surface area contributed by atoms with Gasteiger partial charge in [-0.1, -0.05) is 19.1 Å². The summed E-state index contributed by atoms with van der Waals surface area (Å²) in [6.07, 6.45) is 0.690. The lowest BCUT2D eigenvalue weighted by Gasteiger charge is -2.23. The molecule has 0 saturated heterocycles. The number of carboxylic acids is 1. The van der Waals surface area contributed by atoms with Crippen LogP contribution in [0.15, 0.2) is 24.3 Å². The maximum Gasteiger partial charge on any atom is 0.308 e. The number of rotatable bonds is 7. The zero-order valence-electron chi connectivity index (χ0n) is 12.1. The molecular formula is C15H21NO4. The molecule has 5 heteroatoms. The van der Waals surface area contributed by atoms with Gasteiger partial charge in [0.15, 0.2) is 0 Å². The number of ether oxygens (including phenoxy) is 1. The van der Waals surface area contributed by atoms with E-state index in [9.17, 15) is 9.59 Å². The molecular weight excluding hydrogens is 258 g/mol. The van der Waals surface area contributed by atoms with Crippen LogP contribution in [0.3, 0.4) is 0 Å². The summed E-state index contributed by atoms with van der Waals surface area (Å²) in [5, 5.41) is 8.90. The topological polar surface area (TPSA) is 66.8 Å². The Bertz CT molecular complexity index is 455. The molecule has 0 radical (unpaired) electrons. The third-order valence-electron chi connectivity index (χ3n) is 3.19. The Morgan fingerprint density at radius 2 is 1.90 bits per heavy atom. The highest BCUT2D eigenvalue weighted by Crippen LogP contribution is 2.12. The number of hydrogen-bond donors (Lipinski definition) is 1. The molecule has 0 aliphatic heterocycles. The van der Waals surface area contributed by atoms with E-state index in [1.54, 1.807) is 18.9 Å². The van der Waals surface area contributed by atoms with Gasteiger partial charge in [-0.05, 0) is 24.1 Å². The third-order valence-corrected chi connectivity index (χ3v) is 3.19. The number of carbonyl (C=O) groups excluding carboxylic acids is 1. The number of amides is 1. The van der Waals surface area contributed by atoms with Crippen LogP contribution in [0.5, 0.6) is 5.75 Å². The molecule has 110 valence electrons. The highest BCUT2D eigenvalue weighted by atomic mass is 16.5. The van der Waals surface area contributed by atoms with Crippen LogP contribution in [-0.2, 0) is 16.0 Å². The van der Waals surface area contributed by atoms with Crippen molar-refractivity contribution >= 4 is 11.9 Å². The number of carboxylic acid groups (broad SMARTS) is 1. The van der Waals surface area contributed by atoms with Crippen LogP contribution in [0.4, 0.5) is 0 Å². The van der Waals surface area contributed by atoms with E-state index in [0.29, 0.717) is 13.0 Å². The first-order valence-corrected chi connectivity index (χ1v) is 6.55. The van der Waals surface area contributed by atoms with Gasteiger partial charge in [0, 0.05) is 20.0 Å². The number of carbonyl (C=O) groups is 2.